The smallest absolute Gasteiger partial charge is 0.410 e. The van der Waals surface area contributed by atoms with Crippen LogP contribution in [-0.2, 0) is 11.3 Å². The van der Waals surface area contributed by atoms with Crippen molar-refractivity contribution in [2.45, 2.75) is 32.9 Å². The molecule has 0 aromatic heterocycles. The van der Waals surface area contributed by atoms with E-state index in [1.807, 2.05) is 39.0 Å². The van der Waals surface area contributed by atoms with Crippen molar-refractivity contribution >= 4 is 36.0 Å². The number of hydrogen-bond donors (Lipinski definition) is 2. The first-order chi connectivity index (χ1) is 14.8. The number of rotatable bonds is 7. The fourth-order valence-corrected chi connectivity index (χ4v) is 3.21. The van der Waals surface area contributed by atoms with E-state index in [9.17, 15) is 4.79 Å². The lowest BCUT2D eigenvalue weighted by Crippen LogP contribution is -2.51. The fourth-order valence-electron chi connectivity index (χ4n) is 3.21. The second-order valence-electron chi connectivity index (χ2n) is 8.34. The molecule has 2 rings (SSSR count). The Balaban J connectivity index is 0.00000512. The van der Waals surface area contributed by atoms with Crippen molar-refractivity contribution in [1.82, 2.24) is 20.4 Å². The highest BCUT2D eigenvalue weighted by Crippen LogP contribution is 2.24. The lowest BCUT2D eigenvalue weighted by Gasteiger charge is -2.35. The third-order valence-electron chi connectivity index (χ3n) is 4.91. The van der Waals surface area contributed by atoms with Crippen LogP contribution < -0.4 is 20.1 Å². The van der Waals surface area contributed by atoms with Gasteiger partial charge in [0.25, 0.3) is 0 Å². The number of hydrogen-bond acceptors (Lipinski definition) is 6. The van der Waals surface area contributed by atoms with Gasteiger partial charge in [0.2, 0.25) is 0 Å². The molecule has 1 amide bonds. The Kier molecular flexibility index (Phi) is 11.9. The summed E-state index contributed by atoms with van der Waals surface area (Å²) in [5.74, 6) is 2.25. The number of benzene rings is 1. The van der Waals surface area contributed by atoms with E-state index in [1.54, 1.807) is 26.2 Å². The highest BCUT2D eigenvalue weighted by atomic mass is 127. The van der Waals surface area contributed by atoms with Crippen molar-refractivity contribution in [3.63, 3.8) is 0 Å². The van der Waals surface area contributed by atoms with Gasteiger partial charge in [0, 0.05) is 64.5 Å². The van der Waals surface area contributed by atoms with Crippen LogP contribution in [0.1, 0.15) is 26.3 Å². The number of carbonyl (C=O) groups excluding carboxylic acids is 1. The van der Waals surface area contributed by atoms with Crippen LogP contribution in [0, 0.1) is 0 Å². The van der Waals surface area contributed by atoms with Gasteiger partial charge in [0.05, 0.1) is 14.2 Å². The second kappa shape index (κ2) is 13.6. The van der Waals surface area contributed by atoms with Gasteiger partial charge in [0.1, 0.15) is 17.1 Å². The normalized spacial score (nSPS) is 14.9. The molecule has 1 heterocycles. The maximum absolute atomic E-state index is 12.2. The molecule has 0 aliphatic carbocycles. The van der Waals surface area contributed by atoms with Crippen molar-refractivity contribution in [3.8, 4) is 11.5 Å². The molecule has 1 aromatic carbocycles. The van der Waals surface area contributed by atoms with E-state index in [1.165, 1.54) is 0 Å². The van der Waals surface area contributed by atoms with Crippen LogP contribution in [0.3, 0.4) is 0 Å². The molecule has 182 valence electrons. The van der Waals surface area contributed by atoms with Crippen LogP contribution in [0.15, 0.2) is 23.2 Å². The van der Waals surface area contributed by atoms with E-state index < -0.39 is 5.60 Å². The Morgan fingerprint density at radius 3 is 2.34 bits per heavy atom. The molecule has 0 saturated carbocycles. The van der Waals surface area contributed by atoms with E-state index in [2.05, 4.69) is 20.5 Å². The van der Waals surface area contributed by atoms with Gasteiger partial charge in [0.15, 0.2) is 5.96 Å². The van der Waals surface area contributed by atoms with Crippen molar-refractivity contribution in [1.29, 1.82) is 0 Å². The summed E-state index contributed by atoms with van der Waals surface area (Å²) in [4.78, 5) is 20.6. The Bertz CT molecular complexity index is 746. The lowest BCUT2D eigenvalue weighted by atomic mass is 10.2. The monoisotopic (exact) mass is 563 g/mol. The Hall–Kier alpha value is -1.95. The molecule has 10 heteroatoms. The van der Waals surface area contributed by atoms with Crippen molar-refractivity contribution in [2.75, 3.05) is 60.5 Å². The first kappa shape index (κ1) is 28.1. The number of amides is 1. The van der Waals surface area contributed by atoms with Crippen molar-refractivity contribution in [2.24, 2.45) is 4.99 Å². The number of carbonyl (C=O) groups is 1. The van der Waals surface area contributed by atoms with E-state index in [0.717, 1.165) is 49.2 Å². The largest absolute Gasteiger partial charge is 0.497 e. The van der Waals surface area contributed by atoms with Gasteiger partial charge < -0.3 is 29.7 Å². The van der Waals surface area contributed by atoms with Gasteiger partial charge in [-0.25, -0.2) is 4.79 Å². The van der Waals surface area contributed by atoms with Crippen LogP contribution in [0.5, 0.6) is 11.5 Å². The van der Waals surface area contributed by atoms with Crippen LogP contribution in [-0.4, -0.2) is 88.0 Å². The predicted molar refractivity (Wildman–Crippen MR) is 137 cm³/mol. The molecule has 0 atom stereocenters. The van der Waals surface area contributed by atoms with Gasteiger partial charge in [-0.15, -0.1) is 24.0 Å². The molecule has 1 aromatic rings. The highest BCUT2D eigenvalue weighted by Gasteiger charge is 2.25. The molecule has 32 heavy (non-hydrogen) atoms. The van der Waals surface area contributed by atoms with Crippen LogP contribution in [0.25, 0.3) is 0 Å². The summed E-state index contributed by atoms with van der Waals surface area (Å²) in [6.45, 7) is 10.9. The summed E-state index contributed by atoms with van der Waals surface area (Å²) in [7, 11) is 5.03. The molecular formula is C22H38IN5O4. The van der Waals surface area contributed by atoms with Crippen LogP contribution in [0.2, 0.25) is 0 Å². The summed E-state index contributed by atoms with van der Waals surface area (Å²) in [6, 6.07) is 5.75. The maximum atomic E-state index is 12.2. The number of guanidine groups is 1. The summed E-state index contributed by atoms with van der Waals surface area (Å²) in [6.07, 6.45) is -0.233. The van der Waals surface area contributed by atoms with E-state index >= 15 is 0 Å². The van der Waals surface area contributed by atoms with Gasteiger partial charge in [-0.1, -0.05) is 0 Å². The minimum atomic E-state index is -0.461. The zero-order chi connectivity index (χ0) is 22.9. The molecule has 0 unspecified atom stereocenters. The third kappa shape index (κ3) is 9.27. The molecule has 1 saturated heterocycles. The Labute approximate surface area is 208 Å². The minimum absolute atomic E-state index is 0. The fraction of sp³-hybridized carbons (Fsp3) is 0.636. The molecule has 0 radical (unpaired) electrons. The van der Waals surface area contributed by atoms with Gasteiger partial charge in [-0.05, 0) is 32.9 Å². The molecule has 1 fully saturated rings. The van der Waals surface area contributed by atoms with Crippen molar-refractivity contribution < 1.29 is 19.0 Å². The summed E-state index contributed by atoms with van der Waals surface area (Å²) in [5, 5.41) is 6.65. The van der Waals surface area contributed by atoms with Gasteiger partial charge in [-0.2, -0.15) is 0 Å². The van der Waals surface area contributed by atoms with E-state index in [-0.39, 0.29) is 30.1 Å². The van der Waals surface area contributed by atoms with E-state index in [4.69, 9.17) is 14.2 Å². The van der Waals surface area contributed by atoms with Crippen molar-refractivity contribution in [3.05, 3.63) is 23.8 Å². The minimum Gasteiger partial charge on any atom is -0.497 e. The first-order valence-corrected chi connectivity index (χ1v) is 10.6. The summed E-state index contributed by atoms with van der Waals surface area (Å²) in [5.41, 5.74) is 0.557. The number of piperazine rings is 1. The zero-order valence-corrected chi connectivity index (χ0v) is 22.4. The van der Waals surface area contributed by atoms with Gasteiger partial charge in [-0.3, -0.25) is 9.89 Å². The van der Waals surface area contributed by atoms with E-state index in [0.29, 0.717) is 19.6 Å². The topological polar surface area (TPSA) is 87.7 Å². The number of methoxy groups -OCH3 is 2. The number of nitrogens with one attached hydrogen (secondary N) is 2. The predicted octanol–water partition coefficient (Wildman–Crippen LogP) is 2.54. The van der Waals surface area contributed by atoms with Crippen LogP contribution >= 0.6 is 24.0 Å². The molecule has 1 aliphatic heterocycles. The molecule has 2 N–H and O–H groups in total. The standard InChI is InChI=1S/C22H37N5O4.HI/c1-22(2,3)31-21(28)27-13-11-26(12-14-27)10-9-24-20(23-4)25-16-17-7-8-18(29-5)15-19(17)30-6;/h7-8,15H,9-14,16H2,1-6H3,(H2,23,24,25);1H. The number of nitrogens with zero attached hydrogens (tertiary/aromatic N) is 3. The average molecular weight is 563 g/mol. The molecule has 9 nitrogen and oxygen atoms in total. The molecule has 1 aliphatic rings. The highest BCUT2D eigenvalue weighted by molar-refractivity contribution is 14.0. The quantitative estimate of drug-likeness (QED) is 0.300. The van der Waals surface area contributed by atoms with Gasteiger partial charge >= 0.3 is 6.09 Å². The number of ether oxygens (including phenoxy) is 3. The second-order valence-corrected chi connectivity index (χ2v) is 8.34. The summed E-state index contributed by atoms with van der Waals surface area (Å²) >= 11 is 0. The molecule has 0 spiro atoms. The maximum Gasteiger partial charge on any atom is 0.410 e. The average Bonchev–Trinajstić information content (AvgIpc) is 2.75. The summed E-state index contributed by atoms with van der Waals surface area (Å²) < 4.78 is 16.1. The SMILES string of the molecule is CN=C(NCCN1CCN(C(=O)OC(C)(C)C)CC1)NCc1ccc(OC)cc1OC.I. The number of aliphatic imine (C=N–C) groups is 1. The number of halogens is 1. The Morgan fingerprint density at radius 2 is 1.78 bits per heavy atom. The Morgan fingerprint density at radius 1 is 1.09 bits per heavy atom. The third-order valence-corrected chi connectivity index (χ3v) is 4.91. The van der Waals surface area contributed by atoms with Crippen LogP contribution in [0.4, 0.5) is 4.79 Å². The molecular weight excluding hydrogens is 525 g/mol. The first-order valence-electron chi connectivity index (χ1n) is 10.6. The lowest BCUT2D eigenvalue weighted by molar-refractivity contribution is 0.0147. The zero-order valence-electron chi connectivity index (χ0n) is 20.1. The molecule has 0 bridgehead atoms.